The molecule has 0 amide bonds. The molecule has 4 nitrogen and oxygen atoms in total. The summed E-state index contributed by atoms with van der Waals surface area (Å²) in [6, 6.07) is 0. The Morgan fingerprint density at radius 3 is 1.30 bits per heavy atom. The molecule has 10 heavy (non-hydrogen) atoms. The van der Waals surface area contributed by atoms with E-state index in [0.717, 1.165) is 13.8 Å². The molecule has 2 atom stereocenters. The molecule has 0 bridgehead atoms. The molecular weight excluding hydrogens is 136 g/mol. The molecular formula is C6H10O4. The maximum Gasteiger partial charge on any atom is 0.161 e. The molecule has 0 aliphatic heterocycles. The molecule has 0 spiro atoms. The summed E-state index contributed by atoms with van der Waals surface area (Å²) < 4.78 is 0. The highest BCUT2D eigenvalue weighted by Crippen LogP contribution is 1.95. The van der Waals surface area contributed by atoms with Crippen LogP contribution in [-0.2, 0) is 9.59 Å². The van der Waals surface area contributed by atoms with E-state index in [-0.39, 0.29) is 0 Å². The van der Waals surface area contributed by atoms with Gasteiger partial charge in [0.05, 0.1) is 0 Å². The van der Waals surface area contributed by atoms with Gasteiger partial charge in [0.15, 0.2) is 11.6 Å². The Labute approximate surface area is 58.5 Å². The molecule has 0 unspecified atom stereocenters. The molecule has 0 aliphatic rings. The largest absolute Gasteiger partial charge is 0.382 e. The van der Waals surface area contributed by atoms with Crippen LogP contribution in [0, 0.1) is 0 Å². The fourth-order valence-corrected chi connectivity index (χ4v) is 0.445. The van der Waals surface area contributed by atoms with Crippen LogP contribution in [0.5, 0.6) is 0 Å². The first-order valence-electron chi connectivity index (χ1n) is 2.84. The Morgan fingerprint density at radius 1 is 1.00 bits per heavy atom. The summed E-state index contributed by atoms with van der Waals surface area (Å²) in [7, 11) is 0. The quantitative estimate of drug-likeness (QED) is 0.529. The van der Waals surface area contributed by atoms with Gasteiger partial charge in [-0.15, -0.1) is 0 Å². The van der Waals surface area contributed by atoms with Gasteiger partial charge in [-0.3, -0.25) is 9.59 Å². The van der Waals surface area contributed by atoms with Crippen LogP contribution in [0.2, 0.25) is 0 Å². The molecule has 0 fully saturated rings. The average molecular weight is 146 g/mol. The summed E-state index contributed by atoms with van der Waals surface area (Å²) in [4.78, 5) is 20.7. The Balaban J connectivity index is 4.07. The predicted octanol–water partition coefficient (Wildman–Crippen LogP) is -1.11. The third-order valence-corrected chi connectivity index (χ3v) is 1.13. The maximum atomic E-state index is 10.3. The first-order chi connectivity index (χ1) is 4.46. The number of hydrogen-bond donors (Lipinski definition) is 2. The second-order valence-corrected chi connectivity index (χ2v) is 2.11. The van der Waals surface area contributed by atoms with Gasteiger partial charge in [0, 0.05) is 0 Å². The van der Waals surface area contributed by atoms with E-state index >= 15 is 0 Å². The highest BCUT2D eigenvalue weighted by atomic mass is 16.3. The zero-order valence-corrected chi connectivity index (χ0v) is 5.87. The van der Waals surface area contributed by atoms with Crippen molar-refractivity contribution in [2.75, 3.05) is 0 Å². The summed E-state index contributed by atoms with van der Waals surface area (Å²) >= 11 is 0. The Bertz CT molecular complexity index is 134. The van der Waals surface area contributed by atoms with Gasteiger partial charge in [-0.2, -0.15) is 0 Å². The number of carbonyl (C=O) groups is 2. The third-order valence-electron chi connectivity index (χ3n) is 1.13. The lowest BCUT2D eigenvalue weighted by Gasteiger charge is -2.10. The minimum absolute atomic E-state index is 0.609. The highest BCUT2D eigenvalue weighted by Gasteiger charge is 2.23. The predicted molar refractivity (Wildman–Crippen MR) is 33.4 cm³/mol. The Kier molecular flexibility index (Phi) is 3.18. The van der Waals surface area contributed by atoms with Gasteiger partial charge in [-0.1, -0.05) is 0 Å². The summed E-state index contributed by atoms with van der Waals surface area (Å²) in [5.74, 6) is -1.22. The van der Waals surface area contributed by atoms with E-state index in [4.69, 9.17) is 10.2 Å². The topological polar surface area (TPSA) is 74.6 Å². The van der Waals surface area contributed by atoms with Gasteiger partial charge in [-0.05, 0) is 13.8 Å². The van der Waals surface area contributed by atoms with E-state index in [9.17, 15) is 9.59 Å². The zero-order chi connectivity index (χ0) is 8.31. The second kappa shape index (κ2) is 3.43. The van der Waals surface area contributed by atoms with Gasteiger partial charge in [0.1, 0.15) is 12.2 Å². The summed E-state index contributed by atoms with van der Waals surface area (Å²) in [6.07, 6.45) is -3.14. The molecule has 0 rings (SSSR count). The maximum absolute atomic E-state index is 10.3. The zero-order valence-electron chi connectivity index (χ0n) is 5.87. The van der Waals surface area contributed by atoms with Crippen LogP contribution in [0.3, 0.4) is 0 Å². The van der Waals surface area contributed by atoms with Crippen molar-refractivity contribution in [1.29, 1.82) is 0 Å². The molecule has 58 valence electrons. The van der Waals surface area contributed by atoms with Crippen molar-refractivity contribution in [2.45, 2.75) is 26.1 Å². The van der Waals surface area contributed by atoms with E-state index in [1.54, 1.807) is 0 Å². The van der Waals surface area contributed by atoms with E-state index in [1.165, 1.54) is 0 Å². The molecule has 4 heteroatoms. The average Bonchev–Trinajstić information content (AvgIpc) is 1.84. The van der Waals surface area contributed by atoms with Crippen molar-refractivity contribution in [3.8, 4) is 0 Å². The van der Waals surface area contributed by atoms with Gasteiger partial charge < -0.3 is 10.2 Å². The SMILES string of the molecule is CC(=O)[C@@H](O)[C@H](O)C(C)=O. The van der Waals surface area contributed by atoms with Crippen molar-refractivity contribution >= 4 is 11.6 Å². The lowest BCUT2D eigenvalue weighted by molar-refractivity contribution is -0.140. The van der Waals surface area contributed by atoms with Crippen molar-refractivity contribution in [1.82, 2.24) is 0 Å². The number of Topliss-reactive ketones (excluding diaryl/α,β-unsaturated/α-hetero) is 2. The van der Waals surface area contributed by atoms with Crippen LogP contribution in [0.4, 0.5) is 0 Å². The number of aliphatic hydroxyl groups is 2. The van der Waals surface area contributed by atoms with Crippen molar-refractivity contribution < 1.29 is 19.8 Å². The van der Waals surface area contributed by atoms with Gasteiger partial charge in [-0.25, -0.2) is 0 Å². The van der Waals surface area contributed by atoms with Gasteiger partial charge in [0.25, 0.3) is 0 Å². The lowest BCUT2D eigenvalue weighted by Crippen LogP contribution is -2.37. The van der Waals surface area contributed by atoms with Crippen molar-refractivity contribution in [3.63, 3.8) is 0 Å². The van der Waals surface area contributed by atoms with Crippen LogP contribution in [0.1, 0.15) is 13.8 Å². The van der Waals surface area contributed by atoms with Gasteiger partial charge >= 0.3 is 0 Å². The number of rotatable bonds is 3. The monoisotopic (exact) mass is 146 g/mol. The fourth-order valence-electron chi connectivity index (χ4n) is 0.445. The molecule has 0 aromatic carbocycles. The van der Waals surface area contributed by atoms with Gasteiger partial charge in [0.2, 0.25) is 0 Å². The molecule has 0 saturated carbocycles. The van der Waals surface area contributed by atoms with E-state index in [1.807, 2.05) is 0 Å². The molecule has 0 heterocycles. The fraction of sp³-hybridized carbons (Fsp3) is 0.667. The lowest BCUT2D eigenvalue weighted by atomic mass is 10.1. The standard InChI is InChI=1S/C6H10O4/c1-3(7)5(9)6(10)4(2)8/h5-6,9-10H,1-2H3/t5-,6-/m1/s1. The van der Waals surface area contributed by atoms with Crippen LogP contribution < -0.4 is 0 Å². The highest BCUT2D eigenvalue weighted by molar-refractivity contribution is 5.90. The smallest absolute Gasteiger partial charge is 0.161 e. The van der Waals surface area contributed by atoms with Crippen molar-refractivity contribution in [2.24, 2.45) is 0 Å². The number of ketones is 2. The number of aliphatic hydroxyl groups excluding tert-OH is 2. The normalized spacial score (nSPS) is 16.0. The van der Waals surface area contributed by atoms with Crippen LogP contribution in [0.15, 0.2) is 0 Å². The minimum atomic E-state index is -1.57. The molecule has 0 radical (unpaired) electrons. The second-order valence-electron chi connectivity index (χ2n) is 2.11. The number of carbonyl (C=O) groups excluding carboxylic acids is 2. The first kappa shape index (κ1) is 9.26. The molecule has 0 saturated heterocycles. The molecule has 0 aliphatic carbocycles. The van der Waals surface area contributed by atoms with Crippen LogP contribution in [-0.4, -0.2) is 34.0 Å². The summed E-state index contributed by atoms with van der Waals surface area (Å²) in [5.41, 5.74) is 0. The molecule has 0 aromatic rings. The minimum Gasteiger partial charge on any atom is -0.382 e. The van der Waals surface area contributed by atoms with E-state index in [0.29, 0.717) is 0 Å². The van der Waals surface area contributed by atoms with Crippen molar-refractivity contribution in [3.05, 3.63) is 0 Å². The Morgan fingerprint density at radius 2 is 1.20 bits per heavy atom. The first-order valence-corrected chi connectivity index (χ1v) is 2.84. The number of hydrogen-bond acceptors (Lipinski definition) is 4. The summed E-state index contributed by atoms with van der Waals surface area (Å²) in [5, 5.41) is 17.5. The molecule has 0 aromatic heterocycles. The molecule has 2 N–H and O–H groups in total. The van der Waals surface area contributed by atoms with Crippen LogP contribution in [0.25, 0.3) is 0 Å². The third kappa shape index (κ3) is 2.24. The summed E-state index contributed by atoms with van der Waals surface area (Å²) in [6.45, 7) is 2.22. The van der Waals surface area contributed by atoms with E-state index in [2.05, 4.69) is 0 Å². The Hall–Kier alpha value is -0.740. The van der Waals surface area contributed by atoms with E-state index < -0.39 is 23.8 Å². The van der Waals surface area contributed by atoms with Crippen LogP contribution >= 0.6 is 0 Å².